The van der Waals surface area contributed by atoms with Crippen LogP contribution < -0.4 is 0 Å². The minimum absolute atomic E-state index is 1.19. The molecule has 12 aromatic carbocycles. The minimum atomic E-state index is 1.19. The number of hydrogen-bond donors (Lipinski definition) is 0. The van der Waals surface area contributed by atoms with Crippen molar-refractivity contribution in [2.45, 2.75) is 0 Å². The first-order chi connectivity index (χ1) is 29.8. The van der Waals surface area contributed by atoms with Gasteiger partial charge in [-0.3, -0.25) is 0 Å². The van der Waals surface area contributed by atoms with E-state index in [2.05, 4.69) is 231 Å². The SMILES string of the molecule is c1cc(-c2cccc(-c3c(-c4cccc(-c5cc6ccccc6c6ccccc56)c4)c4ccccc4c4ccccc34)c2)cc(-c2cc3ccccc3c3ccccc23)c1. The lowest BCUT2D eigenvalue weighted by Gasteiger charge is -2.20. The number of benzene rings is 12. The fraction of sp³-hybridized carbons (Fsp3) is 0. The smallest absolute Gasteiger partial charge is 0.00201 e. The second-order valence-electron chi connectivity index (χ2n) is 16.0. The van der Waals surface area contributed by atoms with Crippen LogP contribution in [-0.2, 0) is 0 Å². The van der Waals surface area contributed by atoms with Gasteiger partial charge in [0.1, 0.15) is 0 Å². The lowest BCUT2D eigenvalue weighted by Crippen LogP contribution is -1.93. The van der Waals surface area contributed by atoms with Crippen LogP contribution in [0.25, 0.3) is 120 Å². The molecule has 60 heavy (non-hydrogen) atoms. The molecule has 12 aromatic rings. The molecule has 0 nitrogen and oxygen atoms in total. The van der Waals surface area contributed by atoms with Crippen LogP contribution in [0.5, 0.6) is 0 Å². The van der Waals surface area contributed by atoms with Crippen molar-refractivity contribution < 1.29 is 0 Å². The molecule has 0 aromatic heterocycles. The van der Waals surface area contributed by atoms with Crippen molar-refractivity contribution in [1.82, 2.24) is 0 Å². The quantitative estimate of drug-likeness (QED) is 0.153. The van der Waals surface area contributed by atoms with E-state index in [1.807, 2.05) is 0 Å². The van der Waals surface area contributed by atoms with Gasteiger partial charge in [0, 0.05) is 0 Å². The number of fused-ring (bicyclic) bond motifs is 9. The van der Waals surface area contributed by atoms with Gasteiger partial charge in [-0.15, -0.1) is 0 Å². The molecular weight excluding hydrogens is 721 g/mol. The summed E-state index contributed by atoms with van der Waals surface area (Å²) < 4.78 is 0. The van der Waals surface area contributed by atoms with E-state index in [-0.39, 0.29) is 0 Å². The highest BCUT2D eigenvalue weighted by Crippen LogP contribution is 2.47. The molecule has 278 valence electrons. The molecule has 0 N–H and O–H groups in total. The number of rotatable bonds is 5. The Morgan fingerprint density at radius 3 is 0.883 bits per heavy atom. The average Bonchev–Trinajstić information content (AvgIpc) is 3.33. The summed E-state index contributed by atoms with van der Waals surface area (Å²) >= 11 is 0. The molecule has 0 saturated heterocycles. The van der Waals surface area contributed by atoms with E-state index in [0.29, 0.717) is 0 Å². The topological polar surface area (TPSA) is 0 Å². The van der Waals surface area contributed by atoms with Crippen LogP contribution in [0.2, 0.25) is 0 Å². The third-order valence-electron chi connectivity index (χ3n) is 12.6. The minimum Gasteiger partial charge on any atom is -0.0616 e. The molecular formula is C60H38. The number of hydrogen-bond acceptors (Lipinski definition) is 0. The predicted molar refractivity (Wildman–Crippen MR) is 259 cm³/mol. The van der Waals surface area contributed by atoms with E-state index < -0.39 is 0 Å². The summed E-state index contributed by atoms with van der Waals surface area (Å²) in [4.78, 5) is 0. The molecule has 0 aliphatic rings. The fourth-order valence-electron chi connectivity index (χ4n) is 9.89. The van der Waals surface area contributed by atoms with E-state index in [0.717, 1.165) is 0 Å². The van der Waals surface area contributed by atoms with E-state index in [1.165, 1.54) is 120 Å². The van der Waals surface area contributed by atoms with Crippen LogP contribution in [0.4, 0.5) is 0 Å². The van der Waals surface area contributed by atoms with Crippen molar-refractivity contribution in [2.75, 3.05) is 0 Å². The van der Waals surface area contributed by atoms with E-state index in [4.69, 9.17) is 0 Å². The third-order valence-corrected chi connectivity index (χ3v) is 12.6. The Kier molecular flexibility index (Phi) is 7.96. The Hall–Kier alpha value is -7.80. The Morgan fingerprint density at radius 1 is 0.167 bits per heavy atom. The van der Waals surface area contributed by atoms with Gasteiger partial charge in [-0.05, 0) is 151 Å². The normalized spacial score (nSPS) is 11.7. The second kappa shape index (κ2) is 13.9. The Morgan fingerprint density at radius 2 is 0.450 bits per heavy atom. The largest absolute Gasteiger partial charge is 0.0616 e. The third kappa shape index (κ3) is 5.53. The van der Waals surface area contributed by atoms with Crippen molar-refractivity contribution in [3.63, 3.8) is 0 Å². The predicted octanol–water partition coefficient (Wildman–Crippen LogP) is 16.9. The van der Waals surface area contributed by atoms with Gasteiger partial charge in [0.05, 0.1) is 0 Å². The Bertz CT molecular complexity index is 3660. The maximum Gasteiger partial charge on any atom is -0.00201 e. The van der Waals surface area contributed by atoms with Gasteiger partial charge in [-0.2, -0.15) is 0 Å². The zero-order valence-corrected chi connectivity index (χ0v) is 32.9. The maximum atomic E-state index is 2.41. The lowest BCUT2D eigenvalue weighted by molar-refractivity contribution is 1.59. The second-order valence-corrected chi connectivity index (χ2v) is 16.0. The molecule has 0 radical (unpaired) electrons. The van der Waals surface area contributed by atoms with Gasteiger partial charge in [-0.1, -0.05) is 200 Å². The summed E-state index contributed by atoms with van der Waals surface area (Å²) in [6.07, 6.45) is 0. The molecule has 0 amide bonds. The molecule has 0 fully saturated rings. The molecule has 0 heterocycles. The highest BCUT2D eigenvalue weighted by atomic mass is 14.2. The molecule has 0 heteroatoms. The van der Waals surface area contributed by atoms with Gasteiger partial charge >= 0.3 is 0 Å². The molecule has 0 saturated carbocycles. The Balaban J connectivity index is 1.06. The highest BCUT2D eigenvalue weighted by molar-refractivity contribution is 6.22. The van der Waals surface area contributed by atoms with Crippen molar-refractivity contribution in [2.24, 2.45) is 0 Å². The van der Waals surface area contributed by atoms with Crippen molar-refractivity contribution in [3.05, 3.63) is 231 Å². The van der Waals surface area contributed by atoms with Gasteiger partial charge in [0.25, 0.3) is 0 Å². The average molecular weight is 759 g/mol. The molecule has 0 atom stereocenters. The van der Waals surface area contributed by atoms with Crippen LogP contribution >= 0.6 is 0 Å². The zero-order chi connectivity index (χ0) is 39.6. The summed E-state index contributed by atoms with van der Waals surface area (Å²) in [7, 11) is 0. The van der Waals surface area contributed by atoms with Gasteiger partial charge in [0.2, 0.25) is 0 Å². The van der Waals surface area contributed by atoms with Crippen LogP contribution in [0.3, 0.4) is 0 Å². The van der Waals surface area contributed by atoms with Crippen molar-refractivity contribution in [1.29, 1.82) is 0 Å². The molecule has 0 bridgehead atoms. The summed E-state index contributed by atoms with van der Waals surface area (Å²) in [5, 5.41) is 15.2. The van der Waals surface area contributed by atoms with Crippen molar-refractivity contribution in [3.8, 4) is 55.6 Å². The van der Waals surface area contributed by atoms with Crippen LogP contribution in [0.1, 0.15) is 0 Å². The molecule has 0 unspecified atom stereocenters. The molecule has 0 aliphatic heterocycles. The van der Waals surface area contributed by atoms with Gasteiger partial charge < -0.3 is 0 Å². The van der Waals surface area contributed by atoms with E-state index >= 15 is 0 Å². The molecule has 0 spiro atoms. The lowest BCUT2D eigenvalue weighted by atomic mass is 9.83. The first-order valence-electron chi connectivity index (χ1n) is 20.8. The van der Waals surface area contributed by atoms with Crippen LogP contribution in [0.15, 0.2) is 231 Å². The van der Waals surface area contributed by atoms with Crippen LogP contribution in [0, 0.1) is 0 Å². The summed E-state index contributed by atoms with van der Waals surface area (Å²) in [6, 6.07) is 85.2. The highest BCUT2D eigenvalue weighted by Gasteiger charge is 2.19. The first kappa shape index (κ1) is 34.3. The Labute approximate surface area is 349 Å². The monoisotopic (exact) mass is 758 g/mol. The van der Waals surface area contributed by atoms with Gasteiger partial charge in [0.15, 0.2) is 0 Å². The fourth-order valence-corrected chi connectivity index (χ4v) is 9.89. The summed E-state index contributed by atoms with van der Waals surface area (Å²) in [5.74, 6) is 0. The van der Waals surface area contributed by atoms with Crippen LogP contribution in [-0.4, -0.2) is 0 Å². The van der Waals surface area contributed by atoms with E-state index in [1.54, 1.807) is 0 Å². The maximum absolute atomic E-state index is 2.41. The summed E-state index contributed by atoms with van der Waals surface area (Å²) in [6.45, 7) is 0. The summed E-state index contributed by atoms with van der Waals surface area (Å²) in [5.41, 5.74) is 12.2. The standard InChI is InChI=1S/C60H38/c1-3-24-47-43(16-1)37-57(53-30-7-5-26-49(47)53)41-20-13-18-39(34-41)40-19-14-22-45(35-40)59-55-32-11-9-28-51(55)52-29-10-12-33-56(52)60(59)46-23-15-21-42(36-46)58-38-44-17-2-4-25-48(44)50-27-6-8-31-54(50)58/h1-38H. The van der Waals surface area contributed by atoms with E-state index in [9.17, 15) is 0 Å². The van der Waals surface area contributed by atoms with Crippen molar-refractivity contribution >= 4 is 64.6 Å². The first-order valence-corrected chi connectivity index (χ1v) is 20.8. The molecule has 12 rings (SSSR count). The zero-order valence-electron chi connectivity index (χ0n) is 32.9. The molecule has 0 aliphatic carbocycles. The van der Waals surface area contributed by atoms with Gasteiger partial charge in [-0.25, -0.2) is 0 Å².